The molecule has 0 fully saturated rings. The van der Waals surface area contributed by atoms with Crippen LogP contribution in [0.3, 0.4) is 0 Å². The molecule has 2 amide bonds. The maximum atomic E-state index is 12.1. The fourth-order valence-corrected chi connectivity index (χ4v) is 2.82. The first-order chi connectivity index (χ1) is 9.99. The summed E-state index contributed by atoms with van der Waals surface area (Å²) in [4.78, 5) is 24.7. The van der Waals surface area contributed by atoms with E-state index >= 15 is 0 Å². The van der Waals surface area contributed by atoms with Crippen LogP contribution in [0.5, 0.6) is 0 Å². The van der Waals surface area contributed by atoms with Gasteiger partial charge in [0, 0.05) is 25.4 Å². The van der Waals surface area contributed by atoms with Crippen molar-refractivity contribution in [2.24, 2.45) is 0 Å². The van der Waals surface area contributed by atoms with Gasteiger partial charge in [-0.25, -0.2) is 9.59 Å². The molecule has 0 spiro atoms. The summed E-state index contributed by atoms with van der Waals surface area (Å²) in [6, 6.07) is 6.64. The van der Waals surface area contributed by atoms with Crippen LogP contribution in [-0.4, -0.2) is 47.1 Å². The summed E-state index contributed by atoms with van der Waals surface area (Å²) in [5.74, 6) is -0.0686. The third kappa shape index (κ3) is 5.30. The highest BCUT2D eigenvalue weighted by Crippen LogP contribution is 2.09. The molecule has 1 rings (SSSR count). The molecule has 0 radical (unpaired) electrons. The number of aromatic carboxylic acids is 1. The van der Waals surface area contributed by atoms with Crippen molar-refractivity contribution in [3.8, 4) is 0 Å². The number of carboxylic acid groups (broad SMARTS) is 1. The lowest BCUT2D eigenvalue weighted by molar-refractivity contribution is 0.0696. The van der Waals surface area contributed by atoms with Crippen LogP contribution in [0.1, 0.15) is 29.3 Å². The van der Waals surface area contributed by atoms with Crippen molar-refractivity contribution in [2.45, 2.75) is 25.9 Å². The van der Waals surface area contributed by atoms with E-state index in [2.05, 4.69) is 12.2 Å². The van der Waals surface area contributed by atoms with Crippen LogP contribution in [-0.2, 0) is 6.54 Å². The molecule has 0 aliphatic rings. The number of rotatable bonds is 7. The maximum Gasteiger partial charge on any atom is 0.335 e. The van der Waals surface area contributed by atoms with Gasteiger partial charge in [-0.2, -0.15) is 11.8 Å². The summed E-state index contributed by atoms with van der Waals surface area (Å²) >= 11 is 1.71. The highest BCUT2D eigenvalue weighted by molar-refractivity contribution is 7.98. The molecule has 1 unspecified atom stereocenters. The zero-order chi connectivity index (χ0) is 15.8. The number of hydrogen-bond acceptors (Lipinski definition) is 3. The molecule has 2 N–H and O–H groups in total. The van der Waals surface area contributed by atoms with Crippen molar-refractivity contribution >= 4 is 23.8 Å². The summed E-state index contributed by atoms with van der Waals surface area (Å²) < 4.78 is 0. The van der Waals surface area contributed by atoms with Gasteiger partial charge in [-0.05, 0) is 30.4 Å². The van der Waals surface area contributed by atoms with Gasteiger partial charge in [0.25, 0.3) is 0 Å². The number of urea groups is 1. The molecule has 1 atom stereocenters. The van der Waals surface area contributed by atoms with Crippen molar-refractivity contribution in [3.05, 3.63) is 35.4 Å². The molecule has 0 bridgehead atoms. The van der Waals surface area contributed by atoms with E-state index in [1.165, 1.54) is 6.07 Å². The smallest absolute Gasteiger partial charge is 0.335 e. The molecule has 21 heavy (non-hydrogen) atoms. The Labute approximate surface area is 129 Å². The topological polar surface area (TPSA) is 69.6 Å². The Hall–Kier alpha value is -1.69. The summed E-state index contributed by atoms with van der Waals surface area (Å²) in [6.45, 7) is 2.38. The second-order valence-corrected chi connectivity index (χ2v) is 5.70. The minimum absolute atomic E-state index is 0.142. The van der Waals surface area contributed by atoms with E-state index in [9.17, 15) is 9.59 Å². The van der Waals surface area contributed by atoms with E-state index in [0.29, 0.717) is 6.54 Å². The Morgan fingerprint density at radius 3 is 2.71 bits per heavy atom. The molecule has 0 aromatic heterocycles. The third-order valence-electron chi connectivity index (χ3n) is 3.32. The number of carbonyl (C=O) groups excluding carboxylic acids is 1. The predicted octanol–water partition coefficient (Wildman–Crippen LogP) is 2.67. The lowest BCUT2D eigenvalue weighted by Crippen LogP contribution is -2.44. The van der Waals surface area contributed by atoms with Crippen molar-refractivity contribution in [1.82, 2.24) is 10.2 Å². The van der Waals surface area contributed by atoms with Gasteiger partial charge in [0.1, 0.15) is 0 Å². The molecular weight excluding hydrogens is 288 g/mol. The number of carboxylic acids is 1. The van der Waals surface area contributed by atoms with Gasteiger partial charge < -0.3 is 15.3 Å². The average Bonchev–Trinajstić information content (AvgIpc) is 2.49. The fraction of sp³-hybridized carbons (Fsp3) is 0.467. The van der Waals surface area contributed by atoms with Gasteiger partial charge in [0.2, 0.25) is 0 Å². The average molecular weight is 310 g/mol. The Balaban J connectivity index is 2.59. The molecule has 0 aliphatic heterocycles. The summed E-state index contributed by atoms with van der Waals surface area (Å²) in [7, 11) is 1.79. The van der Waals surface area contributed by atoms with E-state index in [1.807, 2.05) is 6.26 Å². The lowest BCUT2D eigenvalue weighted by atomic mass is 10.1. The number of benzene rings is 1. The first-order valence-electron chi connectivity index (χ1n) is 6.81. The largest absolute Gasteiger partial charge is 0.478 e. The van der Waals surface area contributed by atoms with E-state index in [-0.39, 0.29) is 17.6 Å². The van der Waals surface area contributed by atoms with Crippen LogP contribution in [0, 0.1) is 0 Å². The van der Waals surface area contributed by atoms with Crippen LogP contribution >= 0.6 is 11.8 Å². The summed E-state index contributed by atoms with van der Waals surface area (Å²) in [5, 5.41) is 11.8. The van der Waals surface area contributed by atoms with Crippen molar-refractivity contribution in [1.29, 1.82) is 0 Å². The highest BCUT2D eigenvalue weighted by Gasteiger charge is 2.17. The number of carbonyl (C=O) groups is 2. The molecule has 1 aromatic rings. The van der Waals surface area contributed by atoms with Crippen LogP contribution in [0.2, 0.25) is 0 Å². The minimum Gasteiger partial charge on any atom is -0.478 e. The Bertz CT molecular complexity index is 494. The van der Waals surface area contributed by atoms with Gasteiger partial charge >= 0.3 is 12.0 Å². The zero-order valence-electron chi connectivity index (χ0n) is 12.6. The van der Waals surface area contributed by atoms with E-state index in [0.717, 1.165) is 17.7 Å². The highest BCUT2D eigenvalue weighted by atomic mass is 32.2. The second kappa shape index (κ2) is 8.56. The van der Waals surface area contributed by atoms with Crippen LogP contribution in [0.15, 0.2) is 24.3 Å². The van der Waals surface area contributed by atoms with E-state index in [1.54, 1.807) is 41.9 Å². The Morgan fingerprint density at radius 1 is 1.43 bits per heavy atom. The van der Waals surface area contributed by atoms with Crippen LogP contribution < -0.4 is 5.32 Å². The second-order valence-electron chi connectivity index (χ2n) is 4.79. The van der Waals surface area contributed by atoms with Crippen LogP contribution in [0.4, 0.5) is 4.79 Å². The first-order valence-corrected chi connectivity index (χ1v) is 8.20. The van der Waals surface area contributed by atoms with Gasteiger partial charge in [-0.1, -0.05) is 19.1 Å². The van der Waals surface area contributed by atoms with Crippen molar-refractivity contribution < 1.29 is 14.7 Å². The maximum absolute atomic E-state index is 12.1. The predicted molar refractivity (Wildman–Crippen MR) is 85.9 cm³/mol. The standard InChI is InChI=1S/C15H22N2O3S/c1-4-13(10-21-3)17(2)15(20)16-9-11-6-5-7-12(8-11)14(18)19/h5-8,13H,4,9-10H2,1-3H3,(H,16,20)(H,18,19). The monoisotopic (exact) mass is 310 g/mol. The van der Waals surface area contributed by atoms with Crippen LogP contribution in [0.25, 0.3) is 0 Å². The molecule has 116 valence electrons. The normalized spacial score (nSPS) is 11.8. The van der Waals surface area contributed by atoms with Gasteiger partial charge in [0.15, 0.2) is 0 Å². The Morgan fingerprint density at radius 2 is 2.14 bits per heavy atom. The SMILES string of the molecule is CCC(CSC)N(C)C(=O)NCc1cccc(C(=O)O)c1. The number of amides is 2. The minimum atomic E-state index is -0.966. The molecule has 0 saturated carbocycles. The number of hydrogen-bond donors (Lipinski definition) is 2. The number of nitrogens with zero attached hydrogens (tertiary/aromatic N) is 1. The summed E-state index contributed by atoms with van der Waals surface area (Å²) in [6.07, 6.45) is 2.92. The molecule has 5 nitrogen and oxygen atoms in total. The number of thioether (sulfide) groups is 1. The lowest BCUT2D eigenvalue weighted by Gasteiger charge is -2.27. The molecule has 0 aliphatic carbocycles. The van der Waals surface area contributed by atoms with Crippen molar-refractivity contribution in [2.75, 3.05) is 19.1 Å². The van der Waals surface area contributed by atoms with E-state index < -0.39 is 5.97 Å². The molecule has 0 heterocycles. The molecule has 0 saturated heterocycles. The van der Waals surface area contributed by atoms with Gasteiger partial charge in [-0.15, -0.1) is 0 Å². The zero-order valence-corrected chi connectivity index (χ0v) is 13.4. The molecule has 6 heteroatoms. The fourth-order valence-electron chi connectivity index (χ4n) is 1.98. The van der Waals surface area contributed by atoms with Gasteiger partial charge in [-0.3, -0.25) is 0 Å². The van der Waals surface area contributed by atoms with Gasteiger partial charge in [0.05, 0.1) is 5.56 Å². The van der Waals surface area contributed by atoms with Crippen molar-refractivity contribution in [3.63, 3.8) is 0 Å². The molecule has 1 aromatic carbocycles. The number of nitrogens with one attached hydrogen (secondary N) is 1. The molecular formula is C15H22N2O3S. The summed E-state index contributed by atoms with van der Waals surface area (Å²) in [5.41, 5.74) is 0.999. The third-order valence-corrected chi connectivity index (χ3v) is 4.03. The van der Waals surface area contributed by atoms with E-state index in [4.69, 9.17) is 5.11 Å². The Kier molecular flexibility index (Phi) is 7.08. The first kappa shape index (κ1) is 17.4. The quantitative estimate of drug-likeness (QED) is 0.812.